The Morgan fingerprint density at radius 1 is 1.56 bits per heavy atom. The first kappa shape index (κ1) is 12.3. The van der Waals surface area contributed by atoms with Gasteiger partial charge in [0.1, 0.15) is 5.82 Å². The van der Waals surface area contributed by atoms with Gasteiger partial charge in [0, 0.05) is 18.6 Å². The van der Waals surface area contributed by atoms with E-state index in [0.717, 1.165) is 25.2 Å². The fourth-order valence-electron chi connectivity index (χ4n) is 3.09. The Balaban J connectivity index is 1.85. The van der Waals surface area contributed by atoms with E-state index in [1.54, 1.807) is 0 Å². The number of aromatic nitrogens is 1. The highest BCUT2D eigenvalue weighted by Crippen LogP contribution is 2.44. The zero-order valence-corrected chi connectivity index (χ0v) is 11.6. The van der Waals surface area contributed by atoms with Crippen LogP contribution in [0.1, 0.15) is 36.3 Å². The average Bonchev–Trinajstić information content (AvgIpc) is 2.80. The molecule has 3 rings (SSSR count). The molecule has 2 aliphatic heterocycles. The highest BCUT2D eigenvalue weighted by molar-refractivity contribution is 7.99. The van der Waals surface area contributed by atoms with Crippen LogP contribution in [0.25, 0.3) is 0 Å². The summed E-state index contributed by atoms with van der Waals surface area (Å²) in [5, 5.41) is 0. The quantitative estimate of drug-likeness (QED) is 0.847. The molecule has 98 valence electrons. The predicted molar refractivity (Wildman–Crippen MR) is 76.0 cm³/mol. The Hall–Kier alpha value is -0.740. The van der Waals surface area contributed by atoms with Crippen LogP contribution in [0.15, 0.2) is 12.3 Å². The van der Waals surface area contributed by atoms with Crippen LogP contribution < -0.4 is 5.73 Å². The first-order valence-corrected chi connectivity index (χ1v) is 7.78. The number of pyridine rings is 1. The number of anilines is 1. The average molecular weight is 264 g/mol. The molecular weight excluding hydrogens is 244 g/mol. The molecule has 2 fully saturated rings. The summed E-state index contributed by atoms with van der Waals surface area (Å²) in [6.45, 7) is 2.94. The molecule has 0 saturated carbocycles. The summed E-state index contributed by atoms with van der Waals surface area (Å²) >= 11 is 2.01. The van der Waals surface area contributed by atoms with Crippen molar-refractivity contribution in [2.75, 3.05) is 23.8 Å². The van der Waals surface area contributed by atoms with Gasteiger partial charge < -0.3 is 10.5 Å². The summed E-state index contributed by atoms with van der Waals surface area (Å²) in [4.78, 5) is 4.30. The van der Waals surface area contributed by atoms with Crippen LogP contribution >= 0.6 is 11.8 Å². The van der Waals surface area contributed by atoms with Gasteiger partial charge >= 0.3 is 0 Å². The number of nitrogens with zero attached hydrogens (tertiary/aromatic N) is 1. The fraction of sp³-hybridized carbons (Fsp3) is 0.643. The lowest BCUT2D eigenvalue weighted by atomic mass is 9.81. The van der Waals surface area contributed by atoms with Gasteiger partial charge in [0.05, 0.1) is 5.60 Å². The molecule has 3 heterocycles. The van der Waals surface area contributed by atoms with Crippen molar-refractivity contribution >= 4 is 17.6 Å². The van der Waals surface area contributed by atoms with Gasteiger partial charge in [-0.15, -0.1) is 0 Å². The van der Waals surface area contributed by atoms with E-state index in [-0.39, 0.29) is 5.60 Å². The van der Waals surface area contributed by atoms with Gasteiger partial charge in [-0.05, 0) is 49.0 Å². The van der Waals surface area contributed by atoms with E-state index < -0.39 is 0 Å². The van der Waals surface area contributed by atoms with Gasteiger partial charge in [-0.3, -0.25) is 0 Å². The van der Waals surface area contributed by atoms with Crippen molar-refractivity contribution in [2.45, 2.75) is 37.7 Å². The minimum Gasteiger partial charge on any atom is -0.383 e. The van der Waals surface area contributed by atoms with Crippen LogP contribution in [0.2, 0.25) is 0 Å². The van der Waals surface area contributed by atoms with Crippen molar-refractivity contribution < 1.29 is 4.74 Å². The molecule has 1 spiro atoms. The Labute approximate surface area is 113 Å². The van der Waals surface area contributed by atoms with Crippen LogP contribution in [0, 0.1) is 6.92 Å². The molecule has 0 bridgehead atoms. The van der Waals surface area contributed by atoms with Crippen LogP contribution in [0.4, 0.5) is 5.82 Å². The number of hydrogen-bond acceptors (Lipinski definition) is 4. The molecule has 1 aromatic heterocycles. The minimum absolute atomic E-state index is 0.115. The summed E-state index contributed by atoms with van der Waals surface area (Å²) in [6.07, 6.45) is 5.21. The Morgan fingerprint density at radius 3 is 3.22 bits per heavy atom. The topological polar surface area (TPSA) is 48.1 Å². The van der Waals surface area contributed by atoms with Crippen molar-refractivity contribution in [3.8, 4) is 0 Å². The van der Waals surface area contributed by atoms with Crippen LogP contribution in [0.3, 0.4) is 0 Å². The number of rotatable bonds is 1. The molecule has 2 N–H and O–H groups in total. The van der Waals surface area contributed by atoms with Crippen molar-refractivity contribution in [1.29, 1.82) is 0 Å². The van der Waals surface area contributed by atoms with Gasteiger partial charge in [0.2, 0.25) is 0 Å². The second kappa shape index (κ2) is 4.74. The van der Waals surface area contributed by atoms with Gasteiger partial charge in [-0.25, -0.2) is 4.98 Å². The Bertz CT molecular complexity index is 443. The third kappa shape index (κ3) is 2.24. The number of ether oxygens (including phenoxy) is 1. The third-order valence-corrected chi connectivity index (χ3v) is 5.31. The molecule has 0 amide bonds. The molecule has 0 aliphatic carbocycles. The van der Waals surface area contributed by atoms with Crippen molar-refractivity contribution in [1.82, 2.24) is 4.98 Å². The summed E-state index contributed by atoms with van der Waals surface area (Å²) in [5.74, 6) is 3.59. The summed E-state index contributed by atoms with van der Waals surface area (Å²) in [6, 6.07) is 2.20. The van der Waals surface area contributed by atoms with Gasteiger partial charge in [-0.2, -0.15) is 11.8 Å². The van der Waals surface area contributed by atoms with Crippen LogP contribution in [-0.4, -0.2) is 28.7 Å². The molecule has 2 unspecified atom stereocenters. The second-order valence-electron chi connectivity index (χ2n) is 5.51. The molecule has 2 atom stereocenters. The smallest absolute Gasteiger partial charge is 0.126 e. The minimum atomic E-state index is 0.115. The molecule has 3 nitrogen and oxygen atoms in total. The van der Waals surface area contributed by atoms with Crippen molar-refractivity contribution in [3.63, 3.8) is 0 Å². The normalized spacial score (nSPS) is 31.9. The van der Waals surface area contributed by atoms with E-state index in [1.807, 2.05) is 18.0 Å². The van der Waals surface area contributed by atoms with E-state index in [9.17, 15) is 0 Å². The van der Waals surface area contributed by atoms with Gasteiger partial charge in [-0.1, -0.05) is 6.07 Å². The van der Waals surface area contributed by atoms with E-state index in [0.29, 0.717) is 11.7 Å². The lowest BCUT2D eigenvalue weighted by Gasteiger charge is -2.38. The van der Waals surface area contributed by atoms with Crippen molar-refractivity contribution in [3.05, 3.63) is 23.4 Å². The first-order chi connectivity index (χ1) is 8.69. The zero-order valence-electron chi connectivity index (χ0n) is 10.8. The lowest BCUT2D eigenvalue weighted by Crippen LogP contribution is -2.39. The monoisotopic (exact) mass is 264 g/mol. The van der Waals surface area contributed by atoms with Gasteiger partial charge in [0.15, 0.2) is 0 Å². The summed E-state index contributed by atoms with van der Waals surface area (Å²) in [7, 11) is 0. The van der Waals surface area contributed by atoms with E-state index >= 15 is 0 Å². The molecule has 18 heavy (non-hydrogen) atoms. The highest BCUT2D eigenvalue weighted by Gasteiger charge is 2.41. The van der Waals surface area contributed by atoms with E-state index in [1.165, 1.54) is 23.3 Å². The molecule has 1 aromatic rings. The van der Waals surface area contributed by atoms with Crippen LogP contribution in [0.5, 0.6) is 0 Å². The van der Waals surface area contributed by atoms with E-state index in [2.05, 4.69) is 18.0 Å². The Morgan fingerprint density at radius 2 is 2.44 bits per heavy atom. The largest absolute Gasteiger partial charge is 0.383 e. The van der Waals surface area contributed by atoms with Crippen molar-refractivity contribution in [2.24, 2.45) is 0 Å². The van der Waals surface area contributed by atoms with Gasteiger partial charge in [0.25, 0.3) is 0 Å². The SMILES string of the molecule is Cc1cnc(N)c(C2CCOC3(CCSC3)C2)c1. The molecule has 0 radical (unpaired) electrons. The standard InChI is InChI=1S/C14H20N2OS/c1-10-6-12(13(15)16-8-10)11-2-4-17-14(7-11)3-5-18-9-14/h6,8,11H,2-5,7,9H2,1H3,(H2,15,16). The third-order valence-electron chi connectivity index (χ3n) is 4.09. The maximum atomic E-state index is 6.07. The zero-order chi connectivity index (χ0) is 12.6. The summed E-state index contributed by atoms with van der Waals surface area (Å²) in [5.41, 5.74) is 8.59. The lowest BCUT2D eigenvalue weighted by molar-refractivity contribution is -0.0666. The van der Waals surface area contributed by atoms with Crippen LogP contribution in [-0.2, 0) is 4.74 Å². The number of aryl methyl sites for hydroxylation is 1. The maximum Gasteiger partial charge on any atom is 0.126 e. The fourth-order valence-corrected chi connectivity index (χ4v) is 4.46. The molecule has 0 aromatic carbocycles. The number of nitrogen functional groups attached to an aromatic ring is 1. The Kier molecular flexibility index (Phi) is 3.24. The predicted octanol–water partition coefficient (Wildman–Crippen LogP) is 2.74. The molecule has 2 saturated heterocycles. The number of hydrogen-bond donors (Lipinski definition) is 1. The summed E-state index contributed by atoms with van der Waals surface area (Å²) < 4.78 is 6.07. The maximum absolute atomic E-state index is 6.07. The van der Waals surface area contributed by atoms with E-state index in [4.69, 9.17) is 10.5 Å². The molecular formula is C14H20N2OS. The highest BCUT2D eigenvalue weighted by atomic mass is 32.2. The first-order valence-electron chi connectivity index (χ1n) is 6.62. The number of nitrogens with two attached hydrogens (primary N) is 1. The second-order valence-corrected chi connectivity index (χ2v) is 6.62. The molecule has 2 aliphatic rings. The number of thioether (sulfide) groups is 1. The molecule has 4 heteroatoms.